The third kappa shape index (κ3) is 3.04. The maximum absolute atomic E-state index is 6.41. The van der Waals surface area contributed by atoms with E-state index < -0.39 is 0 Å². The highest BCUT2D eigenvalue weighted by Crippen LogP contribution is 2.52. The summed E-state index contributed by atoms with van der Waals surface area (Å²) >= 11 is 7.12. The first kappa shape index (κ1) is 15.8. The SMILES string of the molecule is CNC1CC(Oc2ccc(Br)cc2Br)C12CCCCCC2. The van der Waals surface area contributed by atoms with Crippen LogP contribution in [-0.4, -0.2) is 19.2 Å². The lowest BCUT2D eigenvalue weighted by molar-refractivity contribution is -0.0885. The Kier molecular flexibility index (Phi) is 4.97. The van der Waals surface area contributed by atoms with Crippen LogP contribution in [0.25, 0.3) is 0 Å². The van der Waals surface area contributed by atoms with E-state index >= 15 is 0 Å². The molecule has 1 aromatic rings. The molecule has 0 aliphatic heterocycles. The van der Waals surface area contributed by atoms with E-state index in [1.807, 2.05) is 6.07 Å². The summed E-state index contributed by atoms with van der Waals surface area (Å²) in [7, 11) is 2.10. The van der Waals surface area contributed by atoms with Crippen molar-refractivity contribution in [2.75, 3.05) is 7.05 Å². The molecule has 2 aliphatic carbocycles. The Morgan fingerprint density at radius 3 is 2.48 bits per heavy atom. The number of benzene rings is 1. The monoisotopic (exact) mass is 415 g/mol. The number of hydrogen-bond acceptors (Lipinski definition) is 2. The van der Waals surface area contributed by atoms with Crippen LogP contribution in [0.1, 0.15) is 44.9 Å². The van der Waals surface area contributed by atoms with Gasteiger partial charge in [-0.05, 0) is 54.0 Å². The standard InChI is InChI=1S/C17H23Br2NO/c1-20-15-11-16(17(15)8-4-2-3-5-9-17)21-14-7-6-12(18)10-13(14)19/h6-7,10,15-16,20H,2-5,8-9,11H2,1H3. The second-order valence-corrected chi connectivity index (χ2v) is 8.18. The van der Waals surface area contributed by atoms with Gasteiger partial charge in [0.1, 0.15) is 11.9 Å². The summed E-state index contributed by atoms with van der Waals surface area (Å²) in [5.41, 5.74) is 0.345. The van der Waals surface area contributed by atoms with Crippen LogP contribution in [0.3, 0.4) is 0 Å². The fourth-order valence-electron chi connectivity index (χ4n) is 4.10. The average molecular weight is 417 g/mol. The Balaban J connectivity index is 1.78. The molecule has 0 aromatic heterocycles. The van der Waals surface area contributed by atoms with Crippen LogP contribution in [0.4, 0.5) is 0 Å². The molecule has 1 spiro atoms. The molecule has 2 aliphatic rings. The lowest BCUT2D eigenvalue weighted by atomic mass is 9.58. The predicted molar refractivity (Wildman–Crippen MR) is 93.9 cm³/mol. The van der Waals surface area contributed by atoms with Crippen LogP contribution < -0.4 is 10.1 Å². The first-order valence-electron chi connectivity index (χ1n) is 7.95. The summed E-state index contributed by atoms with van der Waals surface area (Å²) in [6.45, 7) is 0. The van der Waals surface area contributed by atoms with E-state index in [-0.39, 0.29) is 0 Å². The summed E-state index contributed by atoms with van der Waals surface area (Å²) < 4.78 is 8.52. The Hall–Kier alpha value is -0.0600. The lowest BCUT2D eigenvalue weighted by Crippen LogP contribution is -2.64. The highest BCUT2D eigenvalue weighted by molar-refractivity contribution is 9.11. The molecule has 2 unspecified atom stereocenters. The van der Waals surface area contributed by atoms with E-state index in [2.05, 4.69) is 56.4 Å². The van der Waals surface area contributed by atoms with Gasteiger partial charge in [0, 0.05) is 22.4 Å². The normalized spacial score (nSPS) is 28.0. The number of rotatable bonds is 3. The predicted octanol–water partition coefficient (Wildman–Crippen LogP) is 5.29. The van der Waals surface area contributed by atoms with E-state index in [4.69, 9.17) is 4.74 Å². The Morgan fingerprint density at radius 2 is 1.86 bits per heavy atom. The quantitative estimate of drug-likeness (QED) is 0.722. The molecule has 2 fully saturated rings. The van der Waals surface area contributed by atoms with Crippen LogP contribution in [0.5, 0.6) is 5.75 Å². The smallest absolute Gasteiger partial charge is 0.134 e. The molecule has 0 amide bonds. The minimum Gasteiger partial charge on any atom is -0.489 e. The van der Waals surface area contributed by atoms with E-state index in [0.717, 1.165) is 21.1 Å². The van der Waals surface area contributed by atoms with Crippen molar-refractivity contribution in [2.24, 2.45) is 5.41 Å². The number of nitrogens with one attached hydrogen (secondary N) is 1. The average Bonchev–Trinajstić information content (AvgIpc) is 2.72. The van der Waals surface area contributed by atoms with Crippen LogP contribution in [0.2, 0.25) is 0 Å². The maximum atomic E-state index is 6.41. The molecule has 1 N–H and O–H groups in total. The molecule has 0 bridgehead atoms. The van der Waals surface area contributed by atoms with E-state index in [1.165, 1.54) is 38.5 Å². The summed E-state index contributed by atoms with van der Waals surface area (Å²) in [6, 6.07) is 6.79. The summed E-state index contributed by atoms with van der Waals surface area (Å²) in [6.07, 6.45) is 9.54. The highest BCUT2D eigenvalue weighted by atomic mass is 79.9. The Labute approximate surface area is 144 Å². The van der Waals surface area contributed by atoms with Gasteiger partial charge in [-0.2, -0.15) is 0 Å². The van der Waals surface area contributed by atoms with E-state index in [1.54, 1.807) is 0 Å². The van der Waals surface area contributed by atoms with Crippen molar-refractivity contribution in [3.63, 3.8) is 0 Å². The van der Waals surface area contributed by atoms with Crippen molar-refractivity contribution >= 4 is 31.9 Å². The van der Waals surface area contributed by atoms with Crippen molar-refractivity contribution in [1.82, 2.24) is 5.32 Å². The summed E-state index contributed by atoms with van der Waals surface area (Å²) in [5.74, 6) is 0.973. The molecule has 4 heteroatoms. The molecule has 2 saturated carbocycles. The van der Waals surface area contributed by atoms with E-state index in [0.29, 0.717) is 17.6 Å². The van der Waals surface area contributed by atoms with Gasteiger partial charge in [0.15, 0.2) is 0 Å². The minimum atomic E-state index is 0.345. The zero-order valence-corrected chi connectivity index (χ0v) is 15.7. The summed E-state index contributed by atoms with van der Waals surface area (Å²) in [5, 5.41) is 3.53. The third-order valence-corrected chi connectivity index (χ3v) is 6.44. The molecular weight excluding hydrogens is 394 g/mol. The molecule has 1 aromatic carbocycles. The van der Waals surface area contributed by atoms with E-state index in [9.17, 15) is 0 Å². The number of ether oxygens (including phenoxy) is 1. The van der Waals surface area contributed by atoms with Crippen LogP contribution in [0, 0.1) is 5.41 Å². The molecule has 116 valence electrons. The van der Waals surface area contributed by atoms with Gasteiger partial charge in [-0.3, -0.25) is 0 Å². The number of halogens is 2. The second-order valence-electron chi connectivity index (χ2n) is 6.41. The first-order valence-corrected chi connectivity index (χ1v) is 9.53. The van der Waals surface area contributed by atoms with Crippen molar-refractivity contribution in [2.45, 2.75) is 57.1 Å². The van der Waals surface area contributed by atoms with Gasteiger partial charge in [-0.25, -0.2) is 0 Å². The van der Waals surface area contributed by atoms with Gasteiger partial charge >= 0.3 is 0 Å². The van der Waals surface area contributed by atoms with Crippen molar-refractivity contribution < 1.29 is 4.74 Å². The molecule has 21 heavy (non-hydrogen) atoms. The molecule has 2 atom stereocenters. The van der Waals surface area contributed by atoms with Crippen molar-refractivity contribution in [3.05, 3.63) is 27.1 Å². The molecule has 0 radical (unpaired) electrons. The Bertz CT molecular complexity index is 498. The molecule has 0 saturated heterocycles. The number of hydrogen-bond donors (Lipinski definition) is 1. The first-order chi connectivity index (χ1) is 10.2. The molecule has 2 nitrogen and oxygen atoms in total. The topological polar surface area (TPSA) is 21.3 Å². The van der Waals surface area contributed by atoms with Gasteiger partial charge in [0.05, 0.1) is 4.47 Å². The highest BCUT2D eigenvalue weighted by Gasteiger charge is 2.55. The van der Waals surface area contributed by atoms with Crippen molar-refractivity contribution in [1.29, 1.82) is 0 Å². The van der Waals surface area contributed by atoms with Gasteiger partial charge < -0.3 is 10.1 Å². The van der Waals surface area contributed by atoms with Gasteiger partial charge in [-0.15, -0.1) is 0 Å². The largest absolute Gasteiger partial charge is 0.489 e. The fraction of sp³-hybridized carbons (Fsp3) is 0.647. The van der Waals surface area contributed by atoms with Crippen LogP contribution in [0.15, 0.2) is 27.1 Å². The van der Waals surface area contributed by atoms with Gasteiger partial charge in [0.25, 0.3) is 0 Å². The fourth-order valence-corrected chi connectivity index (χ4v) is 5.24. The van der Waals surface area contributed by atoms with Crippen LogP contribution >= 0.6 is 31.9 Å². The third-order valence-electron chi connectivity index (χ3n) is 5.33. The maximum Gasteiger partial charge on any atom is 0.134 e. The second kappa shape index (κ2) is 6.59. The molecule has 0 heterocycles. The minimum absolute atomic E-state index is 0.345. The zero-order valence-electron chi connectivity index (χ0n) is 12.5. The van der Waals surface area contributed by atoms with Gasteiger partial charge in [0.2, 0.25) is 0 Å². The zero-order chi connectivity index (χ0) is 14.9. The Morgan fingerprint density at radius 1 is 1.14 bits per heavy atom. The molecule has 3 rings (SSSR count). The summed E-state index contributed by atoms with van der Waals surface area (Å²) in [4.78, 5) is 0. The lowest BCUT2D eigenvalue weighted by Gasteiger charge is -2.55. The van der Waals surface area contributed by atoms with Gasteiger partial charge in [-0.1, -0.05) is 41.6 Å². The van der Waals surface area contributed by atoms with Crippen LogP contribution in [-0.2, 0) is 0 Å². The van der Waals surface area contributed by atoms with Crippen molar-refractivity contribution in [3.8, 4) is 5.75 Å². The molecular formula is C17H23Br2NO.